The van der Waals surface area contributed by atoms with E-state index < -0.39 is 30.3 Å². The van der Waals surface area contributed by atoms with Crippen LogP contribution in [0, 0.1) is 0 Å². The second-order valence-corrected chi connectivity index (χ2v) is 13.2. The number of esters is 3. The van der Waals surface area contributed by atoms with Crippen molar-refractivity contribution in [3.63, 3.8) is 0 Å². The van der Waals surface area contributed by atoms with E-state index in [2.05, 4.69) is 56.5 Å². The van der Waals surface area contributed by atoms with Crippen molar-refractivity contribution in [1.82, 2.24) is 0 Å². The quantitative estimate of drug-likeness (QED) is 0.0322. The first-order valence-electron chi connectivity index (χ1n) is 19.1. The first kappa shape index (κ1) is 43.0. The fourth-order valence-electron chi connectivity index (χ4n) is 5.66. The molecule has 0 aliphatic heterocycles. The lowest BCUT2D eigenvalue weighted by Crippen LogP contribution is -2.10. The minimum Gasteiger partial charge on any atom is -0.494 e. The monoisotopic (exact) mass is 766 g/mol. The molecule has 1 N–H and O–H groups in total. The van der Waals surface area contributed by atoms with Crippen LogP contribution in [-0.4, -0.2) is 56.0 Å². The molecule has 4 aromatic carbocycles. The summed E-state index contributed by atoms with van der Waals surface area (Å²) in [7, 11) is 0. The van der Waals surface area contributed by atoms with Crippen molar-refractivity contribution in [2.24, 2.45) is 0 Å². The Hall–Kier alpha value is -5.74. The lowest BCUT2D eigenvalue weighted by Gasteiger charge is -2.13. The molecule has 0 saturated carbocycles. The Morgan fingerprint density at radius 1 is 0.589 bits per heavy atom. The molecule has 296 valence electrons. The Kier molecular flexibility index (Phi) is 17.8. The summed E-state index contributed by atoms with van der Waals surface area (Å²) in [6.45, 7) is 9.66. The topological polar surface area (TPSA) is 118 Å². The summed E-state index contributed by atoms with van der Waals surface area (Å²) in [5, 5.41) is 8.88. The molecule has 0 amide bonds. The SMILES string of the molecule is C=C(F)C(=O)OCCCCCCOc1ccc(-c2ccc(-c3ccc(OC(=O)c4ccc(OCCCCCCOC(=O)C(=C)CO)cc4)cc3)cc2)cc1CC. The fraction of sp³-hybridized carbons (Fsp3) is 0.326. The molecular weight excluding hydrogens is 715 g/mol. The predicted octanol–water partition coefficient (Wildman–Crippen LogP) is 9.80. The Morgan fingerprint density at radius 3 is 1.62 bits per heavy atom. The van der Waals surface area contributed by atoms with E-state index in [1.807, 2.05) is 18.2 Å². The van der Waals surface area contributed by atoms with Crippen molar-refractivity contribution in [3.05, 3.63) is 127 Å². The van der Waals surface area contributed by atoms with Gasteiger partial charge >= 0.3 is 17.9 Å². The zero-order valence-electron chi connectivity index (χ0n) is 32.1. The highest BCUT2D eigenvalue weighted by atomic mass is 19.1. The van der Waals surface area contributed by atoms with Gasteiger partial charge < -0.3 is 28.8 Å². The number of benzene rings is 4. The molecular formula is C46H51FO9. The third-order valence-electron chi connectivity index (χ3n) is 8.92. The number of aliphatic hydroxyl groups excluding tert-OH is 1. The van der Waals surface area contributed by atoms with Crippen LogP contribution < -0.4 is 14.2 Å². The number of halogens is 1. The number of hydrogen-bond acceptors (Lipinski definition) is 9. The average Bonchev–Trinajstić information content (AvgIpc) is 3.22. The third-order valence-corrected chi connectivity index (χ3v) is 8.92. The van der Waals surface area contributed by atoms with E-state index >= 15 is 0 Å². The number of ether oxygens (including phenoxy) is 5. The lowest BCUT2D eigenvalue weighted by atomic mass is 9.98. The van der Waals surface area contributed by atoms with Gasteiger partial charge in [-0.1, -0.05) is 62.5 Å². The summed E-state index contributed by atoms with van der Waals surface area (Å²) < 4.78 is 39.9. The second kappa shape index (κ2) is 23.2. The maximum Gasteiger partial charge on any atom is 0.366 e. The summed E-state index contributed by atoms with van der Waals surface area (Å²) >= 11 is 0. The molecule has 10 heteroatoms. The molecule has 0 spiro atoms. The van der Waals surface area contributed by atoms with Crippen LogP contribution in [0.15, 0.2) is 116 Å². The van der Waals surface area contributed by atoms with E-state index in [1.54, 1.807) is 36.4 Å². The zero-order chi connectivity index (χ0) is 40.1. The van der Waals surface area contributed by atoms with Gasteiger partial charge in [-0.05, 0) is 134 Å². The number of rotatable bonds is 24. The number of carbonyl (C=O) groups excluding carboxylic acids is 3. The van der Waals surface area contributed by atoms with E-state index in [1.165, 1.54) is 0 Å². The number of aryl methyl sites for hydroxylation is 1. The Bertz CT molecular complexity index is 1880. The number of hydrogen-bond donors (Lipinski definition) is 1. The van der Waals surface area contributed by atoms with Gasteiger partial charge in [0, 0.05) is 0 Å². The molecule has 0 fully saturated rings. The van der Waals surface area contributed by atoms with Crippen molar-refractivity contribution in [1.29, 1.82) is 0 Å². The van der Waals surface area contributed by atoms with Crippen LogP contribution in [0.1, 0.15) is 74.2 Å². The smallest absolute Gasteiger partial charge is 0.366 e. The molecule has 56 heavy (non-hydrogen) atoms. The Labute approximate surface area is 328 Å². The van der Waals surface area contributed by atoms with Gasteiger partial charge in [0.2, 0.25) is 5.83 Å². The van der Waals surface area contributed by atoms with Crippen LogP contribution in [0.5, 0.6) is 17.2 Å². The minimum atomic E-state index is -1.07. The number of aliphatic hydroxyl groups is 1. The van der Waals surface area contributed by atoms with Gasteiger partial charge in [-0.15, -0.1) is 0 Å². The second-order valence-electron chi connectivity index (χ2n) is 13.2. The first-order chi connectivity index (χ1) is 27.2. The summed E-state index contributed by atoms with van der Waals surface area (Å²) in [5.74, 6) is -1.11. The molecule has 0 aliphatic rings. The zero-order valence-corrected chi connectivity index (χ0v) is 32.1. The molecule has 0 unspecified atom stereocenters. The highest BCUT2D eigenvalue weighted by Gasteiger charge is 2.11. The summed E-state index contributed by atoms with van der Waals surface area (Å²) in [6.07, 6.45) is 7.49. The van der Waals surface area contributed by atoms with E-state index in [-0.39, 0.29) is 12.2 Å². The standard InChI is InChI=1S/C46H51FO9/c1-4-35-31-40(21-26-43(35)53-28-10-6-8-12-30-55-45(50)34(3)47)38-15-13-36(14-16-38)37-17-24-42(25-18-37)56-46(51)39-19-22-41(23-20-39)52-27-9-5-7-11-29-54-44(49)33(2)32-48/h13-26,31,48H,2-12,27-30,32H2,1H3. The first-order valence-corrected chi connectivity index (χ1v) is 19.1. The van der Waals surface area contributed by atoms with Gasteiger partial charge in [-0.3, -0.25) is 0 Å². The molecule has 4 aromatic rings. The van der Waals surface area contributed by atoms with Gasteiger partial charge in [-0.2, -0.15) is 4.39 Å². The van der Waals surface area contributed by atoms with Crippen molar-refractivity contribution < 1.29 is 47.6 Å². The van der Waals surface area contributed by atoms with Crippen LogP contribution in [0.4, 0.5) is 4.39 Å². The molecule has 0 radical (unpaired) electrons. The fourth-order valence-corrected chi connectivity index (χ4v) is 5.66. The van der Waals surface area contributed by atoms with Crippen LogP contribution in [0.25, 0.3) is 22.3 Å². The Balaban J connectivity index is 1.17. The molecule has 0 heterocycles. The largest absolute Gasteiger partial charge is 0.494 e. The maximum absolute atomic E-state index is 12.8. The molecule has 0 aliphatic carbocycles. The predicted molar refractivity (Wildman–Crippen MR) is 214 cm³/mol. The maximum atomic E-state index is 12.8. The summed E-state index contributed by atoms with van der Waals surface area (Å²) in [4.78, 5) is 35.3. The van der Waals surface area contributed by atoms with Crippen LogP contribution in [-0.2, 0) is 25.5 Å². The van der Waals surface area contributed by atoms with Crippen LogP contribution >= 0.6 is 0 Å². The van der Waals surface area contributed by atoms with E-state index in [9.17, 15) is 18.8 Å². The summed E-state index contributed by atoms with van der Waals surface area (Å²) in [6, 6.07) is 28.8. The number of unbranched alkanes of at least 4 members (excludes halogenated alkanes) is 6. The molecule has 0 bridgehead atoms. The van der Waals surface area contributed by atoms with Crippen molar-refractivity contribution >= 4 is 17.9 Å². The molecule has 0 atom stereocenters. The van der Waals surface area contributed by atoms with Gasteiger partial charge in [0.05, 0.1) is 44.2 Å². The van der Waals surface area contributed by atoms with Gasteiger partial charge in [0.25, 0.3) is 0 Å². The van der Waals surface area contributed by atoms with Crippen molar-refractivity contribution in [2.45, 2.75) is 64.7 Å². The van der Waals surface area contributed by atoms with Crippen molar-refractivity contribution in [2.75, 3.05) is 33.0 Å². The molecule has 0 saturated heterocycles. The van der Waals surface area contributed by atoms with E-state index in [0.29, 0.717) is 43.3 Å². The third kappa shape index (κ3) is 14.2. The summed E-state index contributed by atoms with van der Waals surface area (Å²) in [5.41, 5.74) is 5.82. The van der Waals surface area contributed by atoms with Crippen molar-refractivity contribution in [3.8, 4) is 39.5 Å². The van der Waals surface area contributed by atoms with Gasteiger partial charge in [0.1, 0.15) is 17.2 Å². The normalized spacial score (nSPS) is 10.7. The van der Waals surface area contributed by atoms with Crippen LogP contribution in [0.3, 0.4) is 0 Å². The highest BCUT2D eigenvalue weighted by Crippen LogP contribution is 2.30. The van der Waals surface area contributed by atoms with E-state index in [0.717, 1.165) is 84.9 Å². The minimum absolute atomic E-state index is 0.0526. The molecule has 4 rings (SSSR count). The lowest BCUT2D eigenvalue weighted by molar-refractivity contribution is -0.141. The van der Waals surface area contributed by atoms with E-state index in [4.69, 9.17) is 28.8 Å². The number of carbonyl (C=O) groups is 3. The average molecular weight is 767 g/mol. The van der Waals surface area contributed by atoms with Gasteiger partial charge in [0.15, 0.2) is 0 Å². The molecule has 0 aromatic heterocycles. The van der Waals surface area contributed by atoms with Gasteiger partial charge in [-0.25, -0.2) is 14.4 Å². The highest BCUT2D eigenvalue weighted by molar-refractivity contribution is 5.91. The molecule has 9 nitrogen and oxygen atoms in total. The Morgan fingerprint density at radius 2 is 1.07 bits per heavy atom. The van der Waals surface area contributed by atoms with Crippen LogP contribution in [0.2, 0.25) is 0 Å².